The molecule has 4 nitrogen and oxygen atoms in total. The summed E-state index contributed by atoms with van der Waals surface area (Å²) in [4.78, 5) is 27.2. The van der Waals surface area contributed by atoms with Gasteiger partial charge in [0, 0.05) is 15.6 Å². The highest BCUT2D eigenvalue weighted by molar-refractivity contribution is 7.98. The number of nitrogens with one attached hydrogen (secondary N) is 1. The molecule has 1 fully saturated rings. The van der Waals surface area contributed by atoms with Crippen LogP contribution >= 0.6 is 23.4 Å². The molecule has 0 saturated carbocycles. The van der Waals surface area contributed by atoms with E-state index in [0.717, 1.165) is 16.1 Å². The quantitative estimate of drug-likeness (QED) is 0.650. The summed E-state index contributed by atoms with van der Waals surface area (Å²) in [6, 6.07) is 14.5. The Bertz CT molecular complexity index is 764. The second-order valence-electron chi connectivity index (χ2n) is 5.58. The van der Waals surface area contributed by atoms with Gasteiger partial charge in [0.25, 0.3) is 5.91 Å². The molecule has 1 aliphatic rings. The van der Waals surface area contributed by atoms with E-state index < -0.39 is 6.04 Å². The SMILES string of the molecule is CSc1cccc(N[C@@H]2CC(=O)N(Cc3ccc(Cl)cc3)C2=O)c1. The highest BCUT2D eigenvalue weighted by Crippen LogP contribution is 2.24. The smallest absolute Gasteiger partial charge is 0.252 e. The Morgan fingerprint density at radius 1 is 1.21 bits per heavy atom. The van der Waals surface area contributed by atoms with Crippen molar-refractivity contribution >= 4 is 40.9 Å². The van der Waals surface area contributed by atoms with Gasteiger partial charge in [-0.25, -0.2) is 0 Å². The number of carbonyl (C=O) groups excluding carboxylic acids is 2. The minimum absolute atomic E-state index is 0.159. The molecule has 0 aliphatic carbocycles. The van der Waals surface area contributed by atoms with E-state index in [1.807, 2.05) is 42.7 Å². The van der Waals surface area contributed by atoms with Gasteiger partial charge in [0.1, 0.15) is 6.04 Å². The van der Waals surface area contributed by atoms with Crippen molar-refractivity contribution in [2.75, 3.05) is 11.6 Å². The topological polar surface area (TPSA) is 49.4 Å². The zero-order chi connectivity index (χ0) is 17.1. The van der Waals surface area contributed by atoms with E-state index in [4.69, 9.17) is 11.6 Å². The third-order valence-corrected chi connectivity index (χ3v) is 4.89. The number of likely N-dealkylation sites (tertiary alicyclic amines) is 1. The van der Waals surface area contributed by atoms with Crippen LogP contribution in [-0.2, 0) is 16.1 Å². The lowest BCUT2D eigenvalue weighted by Gasteiger charge is -2.16. The van der Waals surface area contributed by atoms with Gasteiger partial charge in [0.2, 0.25) is 5.91 Å². The van der Waals surface area contributed by atoms with E-state index >= 15 is 0 Å². The van der Waals surface area contributed by atoms with Crippen molar-refractivity contribution in [3.63, 3.8) is 0 Å². The molecule has 0 bridgehead atoms. The fourth-order valence-electron chi connectivity index (χ4n) is 2.65. The zero-order valence-electron chi connectivity index (χ0n) is 13.2. The fourth-order valence-corrected chi connectivity index (χ4v) is 3.23. The number of thioether (sulfide) groups is 1. The van der Waals surface area contributed by atoms with Crippen molar-refractivity contribution in [3.8, 4) is 0 Å². The highest BCUT2D eigenvalue weighted by atomic mass is 35.5. The minimum Gasteiger partial charge on any atom is -0.373 e. The number of hydrogen-bond donors (Lipinski definition) is 1. The van der Waals surface area contributed by atoms with Gasteiger partial charge in [-0.15, -0.1) is 11.8 Å². The summed E-state index contributed by atoms with van der Waals surface area (Å²) >= 11 is 7.50. The molecule has 6 heteroatoms. The third-order valence-electron chi connectivity index (χ3n) is 3.91. The molecule has 0 spiro atoms. The van der Waals surface area contributed by atoms with Crippen molar-refractivity contribution in [3.05, 3.63) is 59.1 Å². The summed E-state index contributed by atoms with van der Waals surface area (Å²) in [5.74, 6) is -0.349. The number of nitrogens with zero attached hydrogens (tertiary/aromatic N) is 1. The Hall–Kier alpha value is -1.98. The highest BCUT2D eigenvalue weighted by Gasteiger charge is 2.38. The van der Waals surface area contributed by atoms with Crippen molar-refractivity contribution in [1.29, 1.82) is 0 Å². The maximum atomic E-state index is 12.6. The van der Waals surface area contributed by atoms with Crippen LogP contribution in [0.15, 0.2) is 53.4 Å². The Kier molecular flexibility index (Phi) is 5.11. The molecule has 124 valence electrons. The van der Waals surface area contributed by atoms with Gasteiger partial charge in [0.15, 0.2) is 0 Å². The number of amides is 2. The van der Waals surface area contributed by atoms with Crippen LogP contribution in [0.3, 0.4) is 0 Å². The number of imide groups is 1. The number of halogens is 1. The molecular weight excluding hydrogens is 344 g/mol. The molecule has 24 heavy (non-hydrogen) atoms. The van der Waals surface area contributed by atoms with Gasteiger partial charge >= 0.3 is 0 Å². The summed E-state index contributed by atoms with van der Waals surface area (Å²) in [5.41, 5.74) is 1.73. The largest absolute Gasteiger partial charge is 0.373 e. The third kappa shape index (κ3) is 3.74. The van der Waals surface area contributed by atoms with Gasteiger partial charge in [-0.2, -0.15) is 0 Å². The second-order valence-corrected chi connectivity index (χ2v) is 6.89. The first-order valence-electron chi connectivity index (χ1n) is 7.56. The average Bonchev–Trinajstić information content (AvgIpc) is 2.84. The lowest BCUT2D eigenvalue weighted by atomic mass is 10.2. The molecule has 2 amide bonds. The van der Waals surface area contributed by atoms with Crippen LogP contribution in [0.1, 0.15) is 12.0 Å². The Labute approximate surface area is 150 Å². The Morgan fingerprint density at radius 3 is 2.67 bits per heavy atom. The summed E-state index contributed by atoms with van der Waals surface area (Å²) in [5, 5.41) is 3.80. The van der Waals surface area contributed by atoms with Gasteiger partial charge in [-0.05, 0) is 42.2 Å². The minimum atomic E-state index is -0.512. The van der Waals surface area contributed by atoms with Crippen molar-refractivity contribution in [2.45, 2.75) is 23.9 Å². The number of anilines is 1. The molecule has 2 aromatic carbocycles. The van der Waals surface area contributed by atoms with Crippen LogP contribution in [-0.4, -0.2) is 29.0 Å². The molecule has 1 saturated heterocycles. The first-order chi connectivity index (χ1) is 11.6. The van der Waals surface area contributed by atoms with Crippen LogP contribution < -0.4 is 5.32 Å². The molecule has 1 N–H and O–H groups in total. The van der Waals surface area contributed by atoms with Crippen molar-refractivity contribution in [1.82, 2.24) is 4.90 Å². The van der Waals surface area contributed by atoms with E-state index in [2.05, 4.69) is 5.32 Å². The molecule has 0 aromatic heterocycles. The summed E-state index contributed by atoms with van der Waals surface area (Å²) in [6.45, 7) is 0.276. The van der Waals surface area contributed by atoms with Gasteiger partial charge in [-0.1, -0.05) is 29.8 Å². The molecule has 3 rings (SSSR count). The first-order valence-corrected chi connectivity index (χ1v) is 9.16. The molecule has 2 aromatic rings. The predicted molar refractivity (Wildman–Crippen MR) is 97.3 cm³/mol. The van der Waals surface area contributed by atoms with Crippen molar-refractivity contribution in [2.24, 2.45) is 0 Å². The van der Waals surface area contributed by atoms with Crippen LogP contribution in [0.4, 0.5) is 5.69 Å². The first kappa shape index (κ1) is 16.9. The summed E-state index contributed by atoms with van der Waals surface area (Å²) in [7, 11) is 0. The maximum absolute atomic E-state index is 12.6. The molecule has 1 atom stereocenters. The molecular formula is C18H17ClN2O2S. The van der Waals surface area contributed by atoms with Crippen LogP contribution in [0.5, 0.6) is 0 Å². The normalized spacial score (nSPS) is 17.4. The number of rotatable bonds is 5. The zero-order valence-corrected chi connectivity index (χ0v) is 14.7. The van der Waals surface area contributed by atoms with Crippen LogP contribution in [0.2, 0.25) is 5.02 Å². The monoisotopic (exact) mass is 360 g/mol. The lowest BCUT2D eigenvalue weighted by molar-refractivity contribution is -0.139. The van der Waals surface area contributed by atoms with Crippen LogP contribution in [0, 0.1) is 0 Å². The van der Waals surface area contributed by atoms with Gasteiger partial charge in [0.05, 0.1) is 13.0 Å². The molecule has 1 heterocycles. The average molecular weight is 361 g/mol. The van der Waals surface area contributed by atoms with E-state index in [-0.39, 0.29) is 24.8 Å². The van der Waals surface area contributed by atoms with E-state index in [0.29, 0.717) is 5.02 Å². The second kappa shape index (κ2) is 7.28. The standard InChI is InChI=1S/C18H17ClN2O2S/c1-24-15-4-2-3-14(9-15)20-16-10-17(22)21(18(16)23)11-12-5-7-13(19)8-6-12/h2-9,16,20H,10-11H2,1H3/t16-/m1/s1. The van der Waals surface area contributed by atoms with Gasteiger partial charge in [-0.3, -0.25) is 14.5 Å². The fraction of sp³-hybridized carbons (Fsp3) is 0.222. The maximum Gasteiger partial charge on any atom is 0.252 e. The van der Waals surface area contributed by atoms with Crippen LogP contribution in [0.25, 0.3) is 0 Å². The Balaban J connectivity index is 1.70. The predicted octanol–water partition coefficient (Wildman–Crippen LogP) is 3.80. The van der Waals surface area contributed by atoms with E-state index in [1.165, 1.54) is 4.90 Å². The molecule has 0 unspecified atom stereocenters. The number of hydrogen-bond acceptors (Lipinski definition) is 4. The summed E-state index contributed by atoms with van der Waals surface area (Å²) in [6.07, 6.45) is 2.17. The van der Waals surface area contributed by atoms with Gasteiger partial charge < -0.3 is 5.32 Å². The summed E-state index contributed by atoms with van der Waals surface area (Å²) < 4.78 is 0. The molecule has 0 radical (unpaired) electrons. The van der Waals surface area contributed by atoms with Crippen molar-refractivity contribution < 1.29 is 9.59 Å². The number of benzene rings is 2. The van der Waals surface area contributed by atoms with E-state index in [9.17, 15) is 9.59 Å². The molecule has 1 aliphatic heterocycles. The Morgan fingerprint density at radius 2 is 1.96 bits per heavy atom. The van der Waals surface area contributed by atoms with E-state index in [1.54, 1.807) is 23.9 Å². The lowest BCUT2D eigenvalue weighted by Crippen LogP contribution is -2.34. The number of carbonyl (C=O) groups is 2.